The molecule has 3 rings (SSSR count). The molecule has 9 heteroatoms. The summed E-state index contributed by atoms with van der Waals surface area (Å²) in [6.07, 6.45) is 1.66. The third kappa shape index (κ3) is 2.74. The van der Waals surface area contributed by atoms with Gasteiger partial charge < -0.3 is 5.73 Å². The zero-order valence-electron chi connectivity index (χ0n) is 12.0. The van der Waals surface area contributed by atoms with Gasteiger partial charge in [0.15, 0.2) is 0 Å². The topological polar surface area (TPSA) is 98.3 Å². The smallest absolute Gasteiger partial charge is 0.141 e. The predicted molar refractivity (Wildman–Crippen MR) is 81.5 cm³/mol. The van der Waals surface area contributed by atoms with Crippen LogP contribution in [-0.4, -0.2) is 24.8 Å². The Hall–Kier alpha value is -2.92. The van der Waals surface area contributed by atoms with Gasteiger partial charge in [0.1, 0.15) is 29.0 Å². The lowest BCUT2D eigenvalue weighted by atomic mass is 10.3. The van der Waals surface area contributed by atoms with Gasteiger partial charge in [-0.1, -0.05) is 16.8 Å². The van der Waals surface area contributed by atoms with Crippen molar-refractivity contribution in [1.82, 2.24) is 24.8 Å². The Bertz CT molecular complexity index is 922. The average Bonchev–Trinajstić information content (AvgIpc) is 3.08. The van der Waals surface area contributed by atoms with Crippen molar-refractivity contribution in [2.75, 3.05) is 5.73 Å². The number of anilines is 1. The molecule has 0 aliphatic rings. The van der Waals surface area contributed by atoms with Gasteiger partial charge in [0.2, 0.25) is 0 Å². The van der Waals surface area contributed by atoms with Crippen LogP contribution in [0.4, 0.5) is 10.2 Å². The average molecular weight is 332 g/mol. The Morgan fingerprint density at radius 1 is 1.43 bits per heavy atom. The van der Waals surface area contributed by atoms with Gasteiger partial charge in [-0.05, 0) is 25.1 Å². The van der Waals surface area contributed by atoms with Gasteiger partial charge in [0.05, 0.1) is 29.1 Å². The SMILES string of the molecule is Cc1nn(Cc2cn(-c3ccc(F)c(Cl)c3)nn2)c(N)c1C#N. The highest BCUT2D eigenvalue weighted by atomic mass is 35.5. The molecule has 0 aliphatic heterocycles. The lowest BCUT2D eigenvalue weighted by Gasteiger charge is -2.01. The maximum absolute atomic E-state index is 13.2. The second-order valence-electron chi connectivity index (χ2n) is 4.87. The number of aryl methyl sites for hydroxylation is 1. The van der Waals surface area contributed by atoms with Crippen molar-refractivity contribution in [2.24, 2.45) is 0 Å². The van der Waals surface area contributed by atoms with Crippen LogP contribution in [0.5, 0.6) is 0 Å². The molecule has 23 heavy (non-hydrogen) atoms. The van der Waals surface area contributed by atoms with E-state index >= 15 is 0 Å². The molecule has 2 heterocycles. The summed E-state index contributed by atoms with van der Waals surface area (Å²) in [7, 11) is 0. The van der Waals surface area contributed by atoms with Crippen molar-refractivity contribution in [1.29, 1.82) is 5.26 Å². The molecule has 0 atom stereocenters. The van der Waals surface area contributed by atoms with E-state index < -0.39 is 5.82 Å². The molecule has 0 saturated heterocycles. The number of nitrogen functional groups attached to an aromatic ring is 1. The monoisotopic (exact) mass is 331 g/mol. The van der Waals surface area contributed by atoms with Gasteiger partial charge in [-0.2, -0.15) is 10.4 Å². The first-order valence-electron chi connectivity index (χ1n) is 6.59. The molecule has 116 valence electrons. The predicted octanol–water partition coefficient (Wildman–Crippen LogP) is 2.07. The Labute approximate surface area is 135 Å². The highest BCUT2D eigenvalue weighted by molar-refractivity contribution is 6.30. The highest BCUT2D eigenvalue weighted by Crippen LogP contribution is 2.19. The number of aromatic nitrogens is 5. The summed E-state index contributed by atoms with van der Waals surface area (Å²) in [6, 6.07) is 6.27. The molecule has 0 spiro atoms. The molecule has 2 aromatic heterocycles. The number of benzene rings is 1. The first-order chi connectivity index (χ1) is 11.0. The van der Waals surface area contributed by atoms with Crippen LogP contribution in [0.3, 0.4) is 0 Å². The van der Waals surface area contributed by atoms with E-state index in [-0.39, 0.29) is 17.4 Å². The molecule has 0 amide bonds. The van der Waals surface area contributed by atoms with Gasteiger partial charge in [-0.3, -0.25) is 0 Å². The number of nitriles is 1. The van der Waals surface area contributed by atoms with E-state index in [0.717, 1.165) is 0 Å². The minimum Gasteiger partial charge on any atom is -0.383 e. The number of rotatable bonds is 3. The number of hydrogen-bond acceptors (Lipinski definition) is 5. The summed E-state index contributed by atoms with van der Waals surface area (Å²) < 4.78 is 16.2. The van der Waals surface area contributed by atoms with E-state index in [2.05, 4.69) is 15.4 Å². The molecule has 0 fully saturated rings. The zero-order valence-corrected chi connectivity index (χ0v) is 12.8. The van der Waals surface area contributed by atoms with Crippen LogP contribution in [0.1, 0.15) is 17.0 Å². The Morgan fingerprint density at radius 2 is 2.22 bits per heavy atom. The Balaban J connectivity index is 1.88. The van der Waals surface area contributed by atoms with Crippen LogP contribution in [-0.2, 0) is 6.54 Å². The van der Waals surface area contributed by atoms with Crippen molar-refractivity contribution in [3.05, 3.63) is 52.2 Å². The first-order valence-corrected chi connectivity index (χ1v) is 6.97. The van der Waals surface area contributed by atoms with Crippen LogP contribution >= 0.6 is 11.6 Å². The second kappa shape index (κ2) is 5.70. The maximum atomic E-state index is 13.2. The summed E-state index contributed by atoms with van der Waals surface area (Å²) in [6.45, 7) is 1.98. The van der Waals surface area contributed by atoms with Crippen molar-refractivity contribution >= 4 is 17.4 Å². The fraction of sp³-hybridized carbons (Fsp3) is 0.143. The standard InChI is InChI=1S/C14H11ClFN7/c1-8-11(5-17)14(18)23(20-8)7-9-6-22(21-19-9)10-2-3-13(16)12(15)4-10/h2-4,6H,7,18H2,1H3. The molecule has 0 saturated carbocycles. The normalized spacial score (nSPS) is 10.7. The van der Waals surface area contributed by atoms with Crippen molar-refractivity contribution < 1.29 is 4.39 Å². The van der Waals surface area contributed by atoms with Crippen LogP contribution in [0.2, 0.25) is 5.02 Å². The van der Waals surface area contributed by atoms with Crippen molar-refractivity contribution in [3.63, 3.8) is 0 Å². The molecule has 1 aromatic carbocycles. The Morgan fingerprint density at radius 3 is 2.87 bits per heavy atom. The molecule has 3 aromatic rings. The zero-order chi connectivity index (χ0) is 16.6. The van der Waals surface area contributed by atoms with Gasteiger partial charge in [-0.15, -0.1) is 5.10 Å². The van der Waals surface area contributed by atoms with Gasteiger partial charge in [0.25, 0.3) is 0 Å². The molecule has 0 unspecified atom stereocenters. The lowest BCUT2D eigenvalue weighted by Crippen LogP contribution is -2.06. The quantitative estimate of drug-likeness (QED) is 0.792. The van der Waals surface area contributed by atoms with E-state index in [1.165, 1.54) is 21.5 Å². The molecule has 0 radical (unpaired) electrons. The van der Waals surface area contributed by atoms with Crippen LogP contribution in [0, 0.1) is 24.1 Å². The highest BCUT2D eigenvalue weighted by Gasteiger charge is 2.14. The van der Waals surface area contributed by atoms with E-state index in [4.69, 9.17) is 22.6 Å². The second-order valence-corrected chi connectivity index (χ2v) is 5.28. The van der Waals surface area contributed by atoms with E-state index in [0.29, 0.717) is 22.6 Å². The summed E-state index contributed by atoms with van der Waals surface area (Å²) in [4.78, 5) is 0. The van der Waals surface area contributed by atoms with Gasteiger partial charge in [-0.25, -0.2) is 13.8 Å². The third-order valence-corrected chi connectivity index (χ3v) is 3.59. The number of nitrogens with zero attached hydrogens (tertiary/aromatic N) is 6. The summed E-state index contributed by atoms with van der Waals surface area (Å²) >= 11 is 5.76. The number of hydrogen-bond donors (Lipinski definition) is 1. The Kier molecular flexibility index (Phi) is 3.72. The van der Waals surface area contributed by atoms with E-state index in [9.17, 15) is 4.39 Å². The van der Waals surface area contributed by atoms with Crippen LogP contribution in [0.15, 0.2) is 24.4 Å². The fourth-order valence-corrected chi connectivity index (χ4v) is 2.31. The summed E-state index contributed by atoms with van der Waals surface area (Å²) in [5, 5.41) is 21.2. The molecule has 2 N–H and O–H groups in total. The van der Waals surface area contributed by atoms with Crippen molar-refractivity contribution in [2.45, 2.75) is 13.5 Å². The van der Waals surface area contributed by atoms with Crippen LogP contribution in [0.25, 0.3) is 5.69 Å². The first kappa shape index (κ1) is 15.0. The fourth-order valence-electron chi connectivity index (χ4n) is 2.14. The largest absolute Gasteiger partial charge is 0.383 e. The summed E-state index contributed by atoms with van der Waals surface area (Å²) in [5.41, 5.74) is 7.96. The van der Waals surface area contributed by atoms with Crippen LogP contribution < -0.4 is 5.73 Å². The number of halogens is 2. The molecule has 7 nitrogen and oxygen atoms in total. The molecule has 0 aliphatic carbocycles. The summed E-state index contributed by atoms with van der Waals surface area (Å²) in [5.74, 6) is -0.219. The van der Waals surface area contributed by atoms with Crippen molar-refractivity contribution in [3.8, 4) is 11.8 Å². The van der Waals surface area contributed by atoms with E-state index in [1.807, 2.05) is 6.07 Å². The lowest BCUT2D eigenvalue weighted by molar-refractivity contribution is 0.627. The molecular weight excluding hydrogens is 321 g/mol. The van der Waals surface area contributed by atoms with E-state index in [1.54, 1.807) is 19.2 Å². The number of nitrogens with two attached hydrogens (primary N) is 1. The van der Waals surface area contributed by atoms with Gasteiger partial charge in [0, 0.05) is 0 Å². The molecule has 0 bridgehead atoms. The van der Waals surface area contributed by atoms with Gasteiger partial charge >= 0.3 is 0 Å². The third-order valence-electron chi connectivity index (χ3n) is 3.30. The maximum Gasteiger partial charge on any atom is 0.141 e. The minimum atomic E-state index is -0.500. The minimum absolute atomic E-state index is 0.00478. The molecular formula is C14H11ClFN7.